The van der Waals surface area contributed by atoms with E-state index in [1.165, 1.54) is 0 Å². The van der Waals surface area contributed by atoms with Gasteiger partial charge in [0.05, 0.1) is 11.4 Å². The van der Waals surface area contributed by atoms with Gasteiger partial charge in [-0.05, 0) is 31.0 Å². The number of anilines is 1. The highest BCUT2D eigenvalue weighted by atomic mass is 35.5. The maximum Gasteiger partial charge on any atom is 0.131 e. The Kier molecular flexibility index (Phi) is 3.22. The number of nitrogen functional groups attached to an aromatic ring is 1. The predicted octanol–water partition coefficient (Wildman–Crippen LogP) is 3.85. The van der Waals surface area contributed by atoms with Gasteiger partial charge in [0.15, 0.2) is 0 Å². The summed E-state index contributed by atoms with van der Waals surface area (Å²) in [7, 11) is 0. The smallest absolute Gasteiger partial charge is 0.131 e. The molecule has 0 amide bonds. The molecule has 3 rings (SSSR count). The Morgan fingerprint density at radius 2 is 2.00 bits per heavy atom. The van der Waals surface area contributed by atoms with Crippen LogP contribution >= 0.6 is 11.6 Å². The molecule has 1 aliphatic carbocycles. The fraction of sp³-hybridized carbons (Fsp3) is 0.200. The van der Waals surface area contributed by atoms with Crippen molar-refractivity contribution >= 4 is 28.7 Å². The van der Waals surface area contributed by atoms with Gasteiger partial charge >= 0.3 is 0 Å². The first kappa shape index (κ1) is 12.2. The Morgan fingerprint density at radius 1 is 1.26 bits per heavy atom. The number of hydrogen-bond acceptors (Lipinski definition) is 3. The number of nitrogens with two attached hydrogens (primary N) is 1. The summed E-state index contributed by atoms with van der Waals surface area (Å²) in [5, 5.41) is 0.413. The van der Waals surface area contributed by atoms with E-state index in [4.69, 9.17) is 22.3 Å². The van der Waals surface area contributed by atoms with Gasteiger partial charge in [0.2, 0.25) is 0 Å². The molecular weight excluding hydrogens is 258 g/mol. The van der Waals surface area contributed by atoms with Crippen LogP contribution in [0.2, 0.25) is 5.15 Å². The van der Waals surface area contributed by atoms with E-state index in [2.05, 4.69) is 4.98 Å². The van der Waals surface area contributed by atoms with Gasteiger partial charge in [0.1, 0.15) is 5.15 Å². The number of benzene rings is 1. The van der Waals surface area contributed by atoms with Crippen molar-refractivity contribution in [2.75, 3.05) is 5.73 Å². The summed E-state index contributed by atoms with van der Waals surface area (Å²) >= 11 is 5.85. The standard InChI is InChI=1S/C15H14ClN3/c16-14-8-13(17)12(9-18-14)15(10-6-7-10)19-11-4-2-1-3-5-11/h1-5,8-10H,6-7H2,(H2,17,18). The van der Waals surface area contributed by atoms with Crippen LogP contribution in [0.3, 0.4) is 0 Å². The number of halogens is 1. The highest BCUT2D eigenvalue weighted by Crippen LogP contribution is 2.36. The summed E-state index contributed by atoms with van der Waals surface area (Å²) < 4.78 is 0. The monoisotopic (exact) mass is 271 g/mol. The second-order valence-corrected chi connectivity index (χ2v) is 5.09. The molecular formula is C15H14ClN3. The third-order valence-corrected chi connectivity index (χ3v) is 3.36. The summed E-state index contributed by atoms with van der Waals surface area (Å²) in [4.78, 5) is 8.85. The first-order valence-corrected chi connectivity index (χ1v) is 6.67. The fourth-order valence-electron chi connectivity index (χ4n) is 2.03. The Labute approximate surface area is 117 Å². The third-order valence-electron chi connectivity index (χ3n) is 3.15. The molecule has 1 fully saturated rings. The van der Waals surface area contributed by atoms with Crippen LogP contribution in [0.5, 0.6) is 0 Å². The Balaban J connectivity index is 2.04. The van der Waals surface area contributed by atoms with Crippen LogP contribution in [-0.2, 0) is 0 Å². The molecule has 1 saturated carbocycles. The fourth-order valence-corrected chi connectivity index (χ4v) is 2.19. The number of rotatable bonds is 3. The van der Waals surface area contributed by atoms with E-state index in [1.54, 1.807) is 12.3 Å². The highest BCUT2D eigenvalue weighted by molar-refractivity contribution is 6.29. The Bertz CT molecular complexity index is 619. The van der Waals surface area contributed by atoms with Crippen molar-refractivity contribution in [3.05, 3.63) is 53.3 Å². The van der Waals surface area contributed by atoms with Gasteiger partial charge in [0, 0.05) is 23.4 Å². The third kappa shape index (κ3) is 2.76. The molecule has 0 atom stereocenters. The van der Waals surface area contributed by atoms with E-state index in [0.717, 1.165) is 29.8 Å². The maximum absolute atomic E-state index is 6.04. The second-order valence-electron chi connectivity index (χ2n) is 4.70. The zero-order valence-corrected chi connectivity index (χ0v) is 11.1. The maximum atomic E-state index is 6.04. The van der Waals surface area contributed by atoms with Crippen molar-refractivity contribution < 1.29 is 0 Å². The van der Waals surface area contributed by atoms with Gasteiger partial charge in [0.25, 0.3) is 0 Å². The quantitative estimate of drug-likeness (QED) is 0.681. The van der Waals surface area contributed by atoms with Gasteiger partial charge < -0.3 is 5.73 Å². The highest BCUT2D eigenvalue weighted by Gasteiger charge is 2.30. The molecule has 0 saturated heterocycles. The van der Waals surface area contributed by atoms with Crippen molar-refractivity contribution in [2.45, 2.75) is 12.8 Å². The SMILES string of the molecule is Nc1cc(Cl)ncc1C(=Nc1ccccc1)C1CC1. The lowest BCUT2D eigenvalue weighted by atomic mass is 10.1. The second kappa shape index (κ2) is 5.02. The van der Waals surface area contributed by atoms with Crippen molar-refractivity contribution in [3.8, 4) is 0 Å². The Morgan fingerprint density at radius 3 is 2.63 bits per heavy atom. The number of para-hydroxylation sites is 1. The van der Waals surface area contributed by atoms with Gasteiger partial charge in [-0.25, -0.2) is 4.98 Å². The van der Waals surface area contributed by atoms with Crippen LogP contribution in [-0.4, -0.2) is 10.7 Å². The van der Waals surface area contributed by atoms with E-state index in [1.807, 2.05) is 30.3 Å². The average Bonchev–Trinajstić information content (AvgIpc) is 3.22. The van der Waals surface area contributed by atoms with Crippen LogP contribution < -0.4 is 5.73 Å². The number of aliphatic imine (C=N–C) groups is 1. The van der Waals surface area contributed by atoms with Crippen molar-refractivity contribution in [1.29, 1.82) is 0 Å². The van der Waals surface area contributed by atoms with E-state index in [-0.39, 0.29) is 0 Å². The van der Waals surface area contributed by atoms with E-state index in [9.17, 15) is 0 Å². The van der Waals surface area contributed by atoms with Crippen LogP contribution in [0.15, 0.2) is 47.6 Å². The van der Waals surface area contributed by atoms with E-state index < -0.39 is 0 Å². The van der Waals surface area contributed by atoms with Crippen LogP contribution in [0.4, 0.5) is 11.4 Å². The van der Waals surface area contributed by atoms with Crippen molar-refractivity contribution in [3.63, 3.8) is 0 Å². The van der Waals surface area contributed by atoms with E-state index >= 15 is 0 Å². The molecule has 2 aromatic rings. The molecule has 4 heteroatoms. The van der Waals surface area contributed by atoms with Gasteiger partial charge in [-0.2, -0.15) is 0 Å². The van der Waals surface area contributed by atoms with Crippen LogP contribution in [0.25, 0.3) is 0 Å². The summed E-state index contributed by atoms with van der Waals surface area (Å²) in [6.45, 7) is 0. The predicted molar refractivity (Wildman–Crippen MR) is 79.0 cm³/mol. The largest absolute Gasteiger partial charge is 0.398 e. The van der Waals surface area contributed by atoms with Gasteiger partial charge in [-0.15, -0.1) is 0 Å². The minimum atomic E-state index is 0.413. The number of pyridine rings is 1. The lowest BCUT2D eigenvalue weighted by Gasteiger charge is -2.08. The number of hydrogen-bond donors (Lipinski definition) is 1. The summed E-state index contributed by atoms with van der Waals surface area (Å²) in [5.41, 5.74) is 9.54. The summed E-state index contributed by atoms with van der Waals surface area (Å²) in [6, 6.07) is 11.6. The molecule has 1 aliphatic rings. The minimum absolute atomic E-state index is 0.413. The van der Waals surface area contributed by atoms with Gasteiger partial charge in [-0.3, -0.25) is 4.99 Å². The molecule has 1 heterocycles. The number of aromatic nitrogens is 1. The molecule has 1 aromatic carbocycles. The summed E-state index contributed by atoms with van der Waals surface area (Å²) in [6.07, 6.45) is 4.04. The molecule has 0 unspecified atom stereocenters. The zero-order chi connectivity index (χ0) is 13.2. The first-order chi connectivity index (χ1) is 9.24. The molecule has 0 aliphatic heterocycles. The normalized spacial score (nSPS) is 15.5. The molecule has 0 spiro atoms. The lowest BCUT2D eigenvalue weighted by Crippen LogP contribution is -2.08. The first-order valence-electron chi connectivity index (χ1n) is 6.29. The Hall–Kier alpha value is -1.87. The molecule has 19 heavy (non-hydrogen) atoms. The van der Waals surface area contributed by atoms with E-state index in [0.29, 0.717) is 16.8 Å². The minimum Gasteiger partial charge on any atom is -0.398 e. The molecule has 0 radical (unpaired) electrons. The van der Waals surface area contributed by atoms with Crippen LogP contribution in [0, 0.1) is 5.92 Å². The topological polar surface area (TPSA) is 51.3 Å². The summed E-state index contributed by atoms with van der Waals surface area (Å²) in [5.74, 6) is 0.491. The zero-order valence-electron chi connectivity index (χ0n) is 10.4. The average molecular weight is 272 g/mol. The van der Waals surface area contributed by atoms with Crippen molar-refractivity contribution in [1.82, 2.24) is 4.98 Å². The molecule has 3 nitrogen and oxygen atoms in total. The molecule has 2 N–H and O–H groups in total. The lowest BCUT2D eigenvalue weighted by molar-refractivity contribution is 1.17. The molecule has 96 valence electrons. The molecule has 0 bridgehead atoms. The van der Waals surface area contributed by atoms with Crippen LogP contribution in [0.1, 0.15) is 18.4 Å². The van der Waals surface area contributed by atoms with Gasteiger partial charge in [-0.1, -0.05) is 29.8 Å². The van der Waals surface area contributed by atoms with Crippen molar-refractivity contribution in [2.24, 2.45) is 10.9 Å². The number of nitrogens with zero attached hydrogens (tertiary/aromatic N) is 2. The molecule has 1 aromatic heterocycles.